The molecule has 0 spiro atoms. The topological polar surface area (TPSA) is 29.1 Å². The lowest BCUT2D eigenvalue weighted by Crippen LogP contribution is -2.07. The quantitative estimate of drug-likeness (QED) is 0.608. The van der Waals surface area contributed by atoms with Crippen molar-refractivity contribution in [2.45, 2.75) is 20.3 Å². The van der Waals surface area contributed by atoms with E-state index in [1.807, 2.05) is 43.3 Å². The molecule has 2 heteroatoms. The number of carbonyl (C=O) groups is 1. The second kappa shape index (κ2) is 7.28. The van der Waals surface area contributed by atoms with Gasteiger partial charge in [0.15, 0.2) is 0 Å². The Morgan fingerprint density at radius 1 is 1.39 bits per heavy atom. The molecule has 1 amide bonds. The smallest absolute Gasteiger partial charge is 0.221 e. The highest BCUT2D eigenvalue weighted by Gasteiger charge is 2.06. The lowest BCUT2D eigenvalue weighted by atomic mass is 10.00. The summed E-state index contributed by atoms with van der Waals surface area (Å²) in [5, 5.41) is 2.85. The third-order valence-corrected chi connectivity index (χ3v) is 2.48. The fraction of sp³-hybridized carbons (Fsp3) is 0.188. The molecule has 0 heterocycles. The first-order chi connectivity index (χ1) is 8.69. The van der Waals surface area contributed by atoms with Crippen molar-refractivity contribution in [3.05, 3.63) is 60.7 Å². The molecule has 0 saturated heterocycles. The third-order valence-electron chi connectivity index (χ3n) is 2.48. The lowest BCUT2D eigenvalue weighted by Gasteiger charge is -2.11. The number of benzene rings is 1. The molecule has 1 aromatic carbocycles. The molecule has 0 aromatic heterocycles. The molecule has 0 aliphatic carbocycles. The van der Waals surface area contributed by atoms with Gasteiger partial charge in [0.25, 0.3) is 0 Å². The van der Waals surface area contributed by atoms with Gasteiger partial charge in [-0.1, -0.05) is 49.1 Å². The van der Waals surface area contributed by atoms with Crippen molar-refractivity contribution in [3.8, 4) is 0 Å². The van der Waals surface area contributed by atoms with Gasteiger partial charge >= 0.3 is 0 Å². The Hall–Kier alpha value is -2.09. The Kier molecular flexibility index (Phi) is 5.65. The number of hydrogen-bond acceptors (Lipinski definition) is 1. The predicted octanol–water partition coefficient (Wildman–Crippen LogP) is 4.18. The highest BCUT2D eigenvalue weighted by molar-refractivity contribution is 5.92. The van der Waals surface area contributed by atoms with E-state index in [0.29, 0.717) is 0 Å². The van der Waals surface area contributed by atoms with Gasteiger partial charge in [-0.05, 0) is 25.0 Å². The van der Waals surface area contributed by atoms with Crippen LogP contribution < -0.4 is 5.32 Å². The predicted molar refractivity (Wildman–Crippen MR) is 78.4 cm³/mol. The fourth-order valence-corrected chi connectivity index (χ4v) is 1.72. The van der Waals surface area contributed by atoms with E-state index in [4.69, 9.17) is 0 Å². The summed E-state index contributed by atoms with van der Waals surface area (Å²) < 4.78 is 0. The van der Waals surface area contributed by atoms with Crippen molar-refractivity contribution in [2.75, 3.05) is 5.32 Å². The van der Waals surface area contributed by atoms with Crippen molar-refractivity contribution in [3.63, 3.8) is 0 Å². The Morgan fingerprint density at radius 2 is 2.11 bits per heavy atom. The molecule has 1 aromatic rings. The van der Waals surface area contributed by atoms with E-state index in [1.165, 1.54) is 6.92 Å². The van der Waals surface area contributed by atoms with E-state index in [0.717, 1.165) is 23.2 Å². The molecule has 0 radical (unpaired) electrons. The van der Waals surface area contributed by atoms with Crippen LogP contribution in [-0.2, 0) is 4.79 Å². The summed E-state index contributed by atoms with van der Waals surface area (Å²) in [5.74, 6) is -0.0635. The third kappa shape index (κ3) is 4.06. The van der Waals surface area contributed by atoms with Crippen LogP contribution in [0.25, 0.3) is 5.57 Å². The summed E-state index contributed by atoms with van der Waals surface area (Å²) in [6.07, 6.45) is 8.65. The number of para-hydroxylation sites is 1. The molecule has 0 unspecified atom stereocenters. The van der Waals surface area contributed by atoms with Crippen LogP contribution in [0, 0.1) is 0 Å². The number of anilines is 1. The zero-order valence-electron chi connectivity index (χ0n) is 10.9. The van der Waals surface area contributed by atoms with Crippen molar-refractivity contribution in [2.24, 2.45) is 0 Å². The number of allylic oxidation sites excluding steroid dienone is 5. The minimum Gasteiger partial charge on any atom is -0.326 e. The average molecular weight is 241 g/mol. The van der Waals surface area contributed by atoms with Crippen LogP contribution in [-0.4, -0.2) is 5.91 Å². The largest absolute Gasteiger partial charge is 0.326 e. The first-order valence-corrected chi connectivity index (χ1v) is 5.98. The highest BCUT2D eigenvalue weighted by atomic mass is 16.1. The molecule has 0 aliphatic heterocycles. The second-order valence-electron chi connectivity index (χ2n) is 3.93. The minimum absolute atomic E-state index is 0.0635. The maximum atomic E-state index is 11.2. The molecule has 1 rings (SSSR count). The Bertz CT molecular complexity index is 484. The van der Waals surface area contributed by atoms with Crippen molar-refractivity contribution in [1.29, 1.82) is 0 Å². The summed E-state index contributed by atoms with van der Waals surface area (Å²) in [5.41, 5.74) is 3.00. The second-order valence-corrected chi connectivity index (χ2v) is 3.93. The molecular formula is C16H19NO. The van der Waals surface area contributed by atoms with Gasteiger partial charge in [0.1, 0.15) is 0 Å². The van der Waals surface area contributed by atoms with E-state index in [1.54, 1.807) is 6.08 Å². The van der Waals surface area contributed by atoms with Gasteiger partial charge in [-0.15, -0.1) is 0 Å². The summed E-state index contributed by atoms with van der Waals surface area (Å²) in [6.45, 7) is 7.24. The first-order valence-electron chi connectivity index (χ1n) is 5.98. The van der Waals surface area contributed by atoms with Gasteiger partial charge in [-0.25, -0.2) is 0 Å². The van der Waals surface area contributed by atoms with Gasteiger partial charge in [0.2, 0.25) is 5.91 Å². The van der Waals surface area contributed by atoms with Crippen LogP contribution in [0.3, 0.4) is 0 Å². The normalized spacial score (nSPS) is 11.6. The van der Waals surface area contributed by atoms with E-state index in [9.17, 15) is 4.79 Å². The van der Waals surface area contributed by atoms with Crippen molar-refractivity contribution >= 4 is 17.2 Å². The Labute approximate surface area is 109 Å². The summed E-state index contributed by atoms with van der Waals surface area (Å²) in [4.78, 5) is 11.2. The van der Waals surface area contributed by atoms with Crippen molar-refractivity contribution in [1.82, 2.24) is 0 Å². The van der Waals surface area contributed by atoms with Gasteiger partial charge in [-0.2, -0.15) is 0 Å². The van der Waals surface area contributed by atoms with E-state index in [2.05, 4.69) is 18.0 Å². The molecule has 1 N–H and O–H groups in total. The van der Waals surface area contributed by atoms with Crippen LogP contribution in [0.5, 0.6) is 0 Å². The Balaban J connectivity index is 3.14. The molecule has 2 nitrogen and oxygen atoms in total. The number of rotatable bonds is 5. The Morgan fingerprint density at radius 3 is 2.72 bits per heavy atom. The molecular weight excluding hydrogens is 222 g/mol. The van der Waals surface area contributed by atoms with Gasteiger partial charge in [0.05, 0.1) is 0 Å². The average Bonchev–Trinajstić information content (AvgIpc) is 2.35. The van der Waals surface area contributed by atoms with Gasteiger partial charge < -0.3 is 5.32 Å². The molecule has 94 valence electrons. The number of carbonyl (C=O) groups excluding carboxylic acids is 1. The maximum absolute atomic E-state index is 11.2. The monoisotopic (exact) mass is 241 g/mol. The van der Waals surface area contributed by atoms with Crippen LogP contribution >= 0.6 is 0 Å². The van der Waals surface area contributed by atoms with Crippen molar-refractivity contribution < 1.29 is 4.79 Å². The van der Waals surface area contributed by atoms with E-state index < -0.39 is 0 Å². The molecule has 0 bridgehead atoms. The van der Waals surface area contributed by atoms with Crippen LogP contribution in [0.1, 0.15) is 25.8 Å². The standard InChI is InChI=1S/C16H19NO/c1-4-6-10-14(9-5-2)15-11-7-8-12-16(15)17-13(3)18/h4-9,11-12H,2,10H2,1,3H3,(H,17,18)/b6-4-,14-9+. The summed E-state index contributed by atoms with van der Waals surface area (Å²) >= 11 is 0. The zero-order valence-corrected chi connectivity index (χ0v) is 10.9. The SMILES string of the molecule is C=C/C=C(\C/C=C\C)c1ccccc1NC(C)=O. The van der Waals surface area contributed by atoms with Gasteiger partial charge in [0, 0.05) is 18.2 Å². The molecule has 0 aliphatic rings. The van der Waals surface area contributed by atoms with Crippen LogP contribution in [0.2, 0.25) is 0 Å². The maximum Gasteiger partial charge on any atom is 0.221 e. The number of amides is 1. The first kappa shape index (κ1) is 14.0. The lowest BCUT2D eigenvalue weighted by molar-refractivity contribution is -0.114. The number of hydrogen-bond donors (Lipinski definition) is 1. The van der Waals surface area contributed by atoms with Crippen LogP contribution in [0.15, 0.2) is 55.1 Å². The number of nitrogens with one attached hydrogen (secondary N) is 1. The van der Waals surface area contributed by atoms with E-state index in [-0.39, 0.29) is 5.91 Å². The molecule has 0 atom stereocenters. The fourth-order valence-electron chi connectivity index (χ4n) is 1.72. The van der Waals surface area contributed by atoms with Crippen LogP contribution in [0.4, 0.5) is 5.69 Å². The zero-order chi connectivity index (χ0) is 13.4. The highest BCUT2D eigenvalue weighted by Crippen LogP contribution is 2.26. The molecule has 0 fully saturated rings. The summed E-state index contributed by atoms with van der Waals surface area (Å²) in [7, 11) is 0. The van der Waals surface area contributed by atoms with Gasteiger partial charge in [-0.3, -0.25) is 4.79 Å². The molecule has 0 saturated carbocycles. The molecule has 18 heavy (non-hydrogen) atoms. The summed E-state index contributed by atoms with van der Waals surface area (Å²) in [6, 6.07) is 7.79. The minimum atomic E-state index is -0.0635. The van der Waals surface area contributed by atoms with E-state index >= 15 is 0 Å².